The average Bonchev–Trinajstić information content (AvgIpc) is 3.11. The normalized spacial score (nSPS) is 19.1. The number of halogens is 3. The number of hydrogen-bond acceptors (Lipinski definition) is 7. The third kappa shape index (κ3) is 5.16. The number of benzene rings is 1. The topological polar surface area (TPSA) is 93.7 Å². The molecule has 7 nitrogen and oxygen atoms in total. The van der Waals surface area contributed by atoms with Crippen LogP contribution in [0.25, 0.3) is 11.3 Å². The molecule has 0 amide bonds. The van der Waals surface area contributed by atoms with Gasteiger partial charge in [0.15, 0.2) is 0 Å². The zero-order valence-electron chi connectivity index (χ0n) is 17.4. The minimum absolute atomic E-state index is 0.141. The summed E-state index contributed by atoms with van der Waals surface area (Å²) in [6.45, 7) is 0. The van der Waals surface area contributed by atoms with Crippen LogP contribution in [0, 0.1) is 0 Å². The van der Waals surface area contributed by atoms with Crippen molar-refractivity contribution in [2.75, 3.05) is 11.1 Å². The summed E-state index contributed by atoms with van der Waals surface area (Å²) >= 11 is 1.05. The second-order valence-corrected chi connectivity index (χ2v) is 8.62. The molecular weight excluding hydrogens is 439 g/mol. The average molecular weight is 464 g/mol. The number of nitrogen functional groups attached to an aromatic ring is 1. The number of alkyl halides is 3. The molecule has 170 valence electrons. The van der Waals surface area contributed by atoms with E-state index in [4.69, 9.17) is 5.73 Å². The highest BCUT2D eigenvalue weighted by Crippen LogP contribution is 2.36. The molecule has 2 heterocycles. The molecule has 1 aliphatic rings. The molecule has 0 radical (unpaired) electrons. The van der Waals surface area contributed by atoms with Crippen LogP contribution in [0.15, 0.2) is 47.6 Å². The van der Waals surface area contributed by atoms with Gasteiger partial charge in [0, 0.05) is 30.2 Å². The number of aryl methyl sites for hydroxylation is 1. The maximum absolute atomic E-state index is 13.2. The first-order valence-corrected chi connectivity index (χ1v) is 11.1. The smallest absolute Gasteiger partial charge is 0.383 e. The second-order valence-electron chi connectivity index (χ2n) is 7.74. The molecule has 3 aromatic rings. The molecule has 32 heavy (non-hydrogen) atoms. The molecule has 0 unspecified atom stereocenters. The first kappa shape index (κ1) is 22.4. The fourth-order valence-corrected chi connectivity index (χ4v) is 4.67. The zero-order valence-corrected chi connectivity index (χ0v) is 18.2. The molecular formula is C21H24F3N7S. The summed E-state index contributed by atoms with van der Waals surface area (Å²) in [5.41, 5.74) is 6.87. The van der Waals surface area contributed by atoms with Crippen molar-refractivity contribution < 1.29 is 13.2 Å². The van der Waals surface area contributed by atoms with Crippen molar-refractivity contribution in [2.24, 2.45) is 7.05 Å². The standard InChI is InChI=1S/C21H24F3N7S/c1-31-19(25)15(12-27-31)17-10-11-26-20(29-17)28-13-6-8-14(9-7-13)30-32-18-5-3-2-4-16(18)21(22,23)24/h2-5,10-14,30H,6-9,25H2,1H3,(H,26,28,29). The van der Waals surface area contributed by atoms with Crippen LogP contribution in [0.4, 0.5) is 24.9 Å². The van der Waals surface area contributed by atoms with E-state index in [1.807, 2.05) is 0 Å². The first-order chi connectivity index (χ1) is 15.3. The SMILES string of the molecule is Cn1ncc(-c2ccnc(NC3CCC(NSc4ccccc4C(F)(F)F)CC3)n2)c1N. The largest absolute Gasteiger partial charge is 0.417 e. The fourth-order valence-electron chi connectivity index (χ4n) is 3.70. The van der Waals surface area contributed by atoms with Crippen LogP contribution in [0.5, 0.6) is 0 Å². The molecule has 0 atom stereocenters. The highest BCUT2D eigenvalue weighted by atomic mass is 32.2. The summed E-state index contributed by atoms with van der Waals surface area (Å²) in [6, 6.07) is 7.75. The van der Waals surface area contributed by atoms with E-state index in [-0.39, 0.29) is 17.0 Å². The summed E-state index contributed by atoms with van der Waals surface area (Å²) in [5.74, 6) is 1.06. The maximum atomic E-state index is 13.2. The lowest BCUT2D eigenvalue weighted by Crippen LogP contribution is -2.34. The summed E-state index contributed by atoms with van der Waals surface area (Å²) in [7, 11) is 1.77. The number of nitrogens with zero attached hydrogens (tertiary/aromatic N) is 4. The van der Waals surface area contributed by atoms with E-state index < -0.39 is 11.7 Å². The lowest BCUT2D eigenvalue weighted by atomic mass is 9.92. The Labute approximate surface area is 188 Å². The molecule has 0 bridgehead atoms. The lowest BCUT2D eigenvalue weighted by molar-refractivity contribution is -0.139. The van der Waals surface area contributed by atoms with Crippen molar-refractivity contribution >= 4 is 23.7 Å². The van der Waals surface area contributed by atoms with Crippen LogP contribution in [-0.2, 0) is 13.2 Å². The molecule has 1 fully saturated rings. The Kier molecular flexibility index (Phi) is 6.56. The van der Waals surface area contributed by atoms with E-state index in [1.54, 1.807) is 36.3 Å². The minimum Gasteiger partial charge on any atom is -0.383 e. The third-order valence-corrected chi connectivity index (χ3v) is 6.53. The first-order valence-electron chi connectivity index (χ1n) is 10.3. The van der Waals surface area contributed by atoms with Crippen molar-refractivity contribution in [3.05, 3.63) is 48.3 Å². The second kappa shape index (κ2) is 9.37. The molecule has 0 aliphatic heterocycles. The fraction of sp³-hybridized carbons (Fsp3) is 0.381. The Balaban J connectivity index is 1.31. The van der Waals surface area contributed by atoms with Crippen molar-refractivity contribution in [2.45, 2.75) is 48.8 Å². The van der Waals surface area contributed by atoms with Crippen LogP contribution in [0.1, 0.15) is 31.2 Å². The Morgan fingerprint density at radius 1 is 1.09 bits per heavy atom. The van der Waals surface area contributed by atoms with Crippen LogP contribution in [0.3, 0.4) is 0 Å². The van der Waals surface area contributed by atoms with E-state index in [1.165, 1.54) is 12.1 Å². The quantitative estimate of drug-likeness (QED) is 0.464. The molecule has 4 N–H and O–H groups in total. The van der Waals surface area contributed by atoms with Crippen molar-refractivity contribution in [3.63, 3.8) is 0 Å². The number of anilines is 2. The predicted octanol–water partition coefficient (Wildman–Crippen LogP) is 4.50. The Bertz CT molecular complexity index is 1060. The molecule has 1 aromatic carbocycles. The molecule has 0 saturated heterocycles. The van der Waals surface area contributed by atoms with E-state index in [0.717, 1.165) is 49.3 Å². The minimum atomic E-state index is -4.36. The summed E-state index contributed by atoms with van der Waals surface area (Å²) in [5, 5.41) is 7.51. The van der Waals surface area contributed by atoms with E-state index in [2.05, 4.69) is 25.1 Å². The summed E-state index contributed by atoms with van der Waals surface area (Å²) in [4.78, 5) is 9.06. The van der Waals surface area contributed by atoms with Gasteiger partial charge >= 0.3 is 6.18 Å². The van der Waals surface area contributed by atoms with Gasteiger partial charge in [-0.15, -0.1) is 0 Å². The van der Waals surface area contributed by atoms with Crippen LogP contribution in [-0.4, -0.2) is 31.8 Å². The number of aromatic nitrogens is 4. The third-order valence-electron chi connectivity index (χ3n) is 5.50. The number of nitrogens with two attached hydrogens (primary N) is 1. The van der Waals surface area contributed by atoms with Gasteiger partial charge in [0.25, 0.3) is 0 Å². The maximum Gasteiger partial charge on any atom is 0.417 e. The summed E-state index contributed by atoms with van der Waals surface area (Å²) in [6.07, 6.45) is 2.40. The van der Waals surface area contributed by atoms with Gasteiger partial charge < -0.3 is 11.1 Å². The van der Waals surface area contributed by atoms with E-state index >= 15 is 0 Å². The van der Waals surface area contributed by atoms with Crippen LogP contribution < -0.4 is 15.8 Å². The van der Waals surface area contributed by atoms with Gasteiger partial charge in [-0.1, -0.05) is 12.1 Å². The predicted molar refractivity (Wildman–Crippen MR) is 119 cm³/mol. The monoisotopic (exact) mass is 463 g/mol. The van der Waals surface area contributed by atoms with Crippen LogP contribution in [0.2, 0.25) is 0 Å². The van der Waals surface area contributed by atoms with Crippen molar-refractivity contribution in [1.29, 1.82) is 0 Å². The number of nitrogens with one attached hydrogen (secondary N) is 2. The molecule has 11 heteroatoms. The zero-order chi connectivity index (χ0) is 22.7. The molecule has 4 rings (SSSR count). The highest BCUT2D eigenvalue weighted by molar-refractivity contribution is 7.97. The van der Waals surface area contributed by atoms with Gasteiger partial charge in [-0.3, -0.25) is 9.40 Å². The number of hydrogen-bond donors (Lipinski definition) is 3. The van der Waals surface area contributed by atoms with Gasteiger partial charge in [0.1, 0.15) is 5.82 Å². The highest BCUT2D eigenvalue weighted by Gasteiger charge is 2.33. The van der Waals surface area contributed by atoms with Crippen molar-refractivity contribution in [1.82, 2.24) is 24.5 Å². The lowest BCUT2D eigenvalue weighted by Gasteiger charge is -2.29. The molecule has 2 aromatic heterocycles. The van der Waals surface area contributed by atoms with Gasteiger partial charge in [-0.25, -0.2) is 9.97 Å². The Morgan fingerprint density at radius 2 is 1.81 bits per heavy atom. The van der Waals surface area contributed by atoms with Gasteiger partial charge in [0.2, 0.25) is 5.95 Å². The molecule has 0 spiro atoms. The Hall–Kier alpha value is -2.79. The number of rotatable bonds is 6. The van der Waals surface area contributed by atoms with Crippen LogP contribution >= 0.6 is 11.9 Å². The van der Waals surface area contributed by atoms with E-state index in [0.29, 0.717) is 17.5 Å². The molecule has 1 saturated carbocycles. The van der Waals surface area contributed by atoms with Gasteiger partial charge in [0.05, 0.1) is 23.0 Å². The van der Waals surface area contributed by atoms with E-state index in [9.17, 15) is 13.2 Å². The van der Waals surface area contributed by atoms with Gasteiger partial charge in [-0.2, -0.15) is 18.3 Å². The summed E-state index contributed by atoms with van der Waals surface area (Å²) < 4.78 is 44.3. The van der Waals surface area contributed by atoms with Crippen molar-refractivity contribution in [3.8, 4) is 11.3 Å². The van der Waals surface area contributed by atoms with Gasteiger partial charge in [-0.05, 0) is 55.8 Å². The Morgan fingerprint density at radius 3 is 2.50 bits per heavy atom. The molecule has 1 aliphatic carbocycles.